The summed E-state index contributed by atoms with van der Waals surface area (Å²) in [5.74, 6) is 1.07. The number of carbonyl (C=O) groups is 1. The van der Waals surface area contributed by atoms with Gasteiger partial charge in [0.2, 0.25) is 5.91 Å². The normalized spacial score (nSPS) is 26.1. The Hall–Kier alpha value is -1.10. The van der Waals surface area contributed by atoms with E-state index >= 15 is 0 Å². The number of piperidine rings is 1. The van der Waals surface area contributed by atoms with Gasteiger partial charge in [0.1, 0.15) is 0 Å². The Bertz CT molecular complexity index is 619. The Morgan fingerprint density at radius 1 is 1.19 bits per heavy atom. The maximum absolute atomic E-state index is 12.6. The van der Waals surface area contributed by atoms with Crippen LogP contribution >= 0.6 is 11.6 Å². The van der Waals surface area contributed by atoms with Gasteiger partial charge < -0.3 is 14.5 Å². The Balaban J connectivity index is 1.27. The number of hydrogen-bond acceptors (Lipinski definition) is 3. The van der Waals surface area contributed by atoms with Crippen LogP contribution in [0.3, 0.4) is 0 Å². The second-order valence-electron chi connectivity index (χ2n) is 8.41. The lowest BCUT2D eigenvalue weighted by Gasteiger charge is -2.39. The van der Waals surface area contributed by atoms with Crippen molar-refractivity contribution in [3.63, 3.8) is 0 Å². The Labute approximate surface area is 161 Å². The van der Waals surface area contributed by atoms with Gasteiger partial charge in [0.05, 0.1) is 0 Å². The topological polar surface area (TPSA) is 32.8 Å². The van der Waals surface area contributed by atoms with E-state index < -0.39 is 0 Å². The number of amides is 1. The van der Waals surface area contributed by atoms with Crippen LogP contribution in [0.25, 0.3) is 0 Å². The molecular formula is C21H29ClN2O2. The van der Waals surface area contributed by atoms with Crippen LogP contribution in [0.1, 0.15) is 37.7 Å². The van der Waals surface area contributed by atoms with Crippen molar-refractivity contribution in [3.05, 3.63) is 34.9 Å². The number of hydrogen-bond donors (Lipinski definition) is 0. The second-order valence-corrected chi connectivity index (χ2v) is 8.85. The predicted octanol–water partition coefficient (Wildman–Crippen LogP) is 3.58. The van der Waals surface area contributed by atoms with E-state index in [1.165, 1.54) is 19.4 Å². The highest BCUT2D eigenvalue weighted by atomic mass is 35.5. The van der Waals surface area contributed by atoms with Crippen molar-refractivity contribution in [1.82, 2.24) is 9.80 Å². The van der Waals surface area contributed by atoms with E-state index in [9.17, 15) is 4.79 Å². The predicted molar refractivity (Wildman–Crippen MR) is 103 cm³/mol. The quantitative estimate of drug-likeness (QED) is 0.787. The molecule has 0 bridgehead atoms. The van der Waals surface area contributed by atoms with Crippen molar-refractivity contribution in [2.75, 3.05) is 39.4 Å². The minimum absolute atomic E-state index is 0.205. The summed E-state index contributed by atoms with van der Waals surface area (Å²) in [6.45, 7) is 6.98. The maximum atomic E-state index is 12.6. The standard InChI is InChI=1S/C21H29ClN2O2/c22-19-3-1-17(2-4-19)14-24-16-21(13-20(24)25)7-10-23(11-8-21)9-5-18-6-12-26-15-18/h1-4,18H,5-16H2/t18-/m1/s1. The Morgan fingerprint density at radius 2 is 1.96 bits per heavy atom. The van der Waals surface area contributed by atoms with Crippen molar-refractivity contribution in [2.45, 2.75) is 38.6 Å². The van der Waals surface area contributed by atoms with E-state index in [1.807, 2.05) is 24.3 Å². The molecule has 1 atom stereocenters. The lowest BCUT2D eigenvalue weighted by Crippen LogP contribution is -2.42. The molecule has 1 spiro atoms. The molecule has 3 heterocycles. The van der Waals surface area contributed by atoms with Crippen molar-refractivity contribution in [1.29, 1.82) is 0 Å². The van der Waals surface area contributed by atoms with Crippen molar-refractivity contribution < 1.29 is 9.53 Å². The van der Waals surface area contributed by atoms with Crippen LogP contribution in [0.4, 0.5) is 0 Å². The molecule has 0 saturated carbocycles. The molecule has 0 N–H and O–H groups in total. The highest BCUT2D eigenvalue weighted by molar-refractivity contribution is 6.30. The lowest BCUT2D eigenvalue weighted by molar-refractivity contribution is -0.128. The summed E-state index contributed by atoms with van der Waals surface area (Å²) in [4.78, 5) is 17.2. The molecule has 3 saturated heterocycles. The Kier molecular flexibility index (Phi) is 5.53. The molecule has 142 valence electrons. The van der Waals surface area contributed by atoms with Crippen LogP contribution in [0.2, 0.25) is 5.02 Å². The summed E-state index contributed by atoms with van der Waals surface area (Å²) in [6, 6.07) is 7.86. The molecule has 3 aliphatic rings. The van der Waals surface area contributed by atoms with Crippen LogP contribution in [-0.4, -0.2) is 55.1 Å². The summed E-state index contributed by atoms with van der Waals surface area (Å²) in [6.07, 6.45) is 5.51. The summed E-state index contributed by atoms with van der Waals surface area (Å²) in [5, 5.41) is 0.745. The van der Waals surface area contributed by atoms with E-state index in [-0.39, 0.29) is 5.41 Å². The molecule has 0 aliphatic carbocycles. The largest absolute Gasteiger partial charge is 0.381 e. The highest BCUT2D eigenvalue weighted by Crippen LogP contribution is 2.41. The van der Waals surface area contributed by atoms with Gasteiger partial charge in [-0.15, -0.1) is 0 Å². The van der Waals surface area contributed by atoms with E-state index in [1.54, 1.807) is 0 Å². The van der Waals surface area contributed by atoms with Gasteiger partial charge >= 0.3 is 0 Å². The highest BCUT2D eigenvalue weighted by Gasteiger charge is 2.44. The first-order valence-electron chi connectivity index (χ1n) is 9.94. The van der Waals surface area contributed by atoms with Gasteiger partial charge in [-0.2, -0.15) is 0 Å². The SMILES string of the molecule is O=C1CC2(CCN(CC[C@@H]3CCOC3)CC2)CN1Cc1ccc(Cl)cc1. The summed E-state index contributed by atoms with van der Waals surface area (Å²) in [5.41, 5.74) is 1.37. The van der Waals surface area contributed by atoms with Gasteiger partial charge in [-0.05, 0) is 74.3 Å². The third-order valence-corrected chi connectivity index (χ3v) is 6.74. The first kappa shape index (κ1) is 18.3. The first-order chi connectivity index (χ1) is 12.6. The Morgan fingerprint density at radius 3 is 2.65 bits per heavy atom. The third kappa shape index (κ3) is 4.24. The molecule has 1 amide bonds. The molecule has 0 radical (unpaired) electrons. The number of likely N-dealkylation sites (tertiary alicyclic amines) is 2. The van der Waals surface area contributed by atoms with Crippen LogP contribution in [0.5, 0.6) is 0 Å². The molecule has 0 unspecified atom stereocenters. The van der Waals surface area contributed by atoms with Gasteiger partial charge in [-0.1, -0.05) is 23.7 Å². The van der Waals surface area contributed by atoms with Crippen molar-refractivity contribution >= 4 is 17.5 Å². The van der Waals surface area contributed by atoms with Crippen LogP contribution in [0, 0.1) is 11.3 Å². The second kappa shape index (κ2) is 7.87. The summed E-state index contributed by atoms with van der Waals surface area (Å²) in [7, 11) is 0. The zero-order valence-electron chi connectivity index (χ0n) is 15.5. The molecule has 4 nitrogen and oxygen atoms in total. The van der Waals surface area contributed by atoms with E-state index in [0.29, 0.717) is 12.5 Å². The van der Waals surface area contributed by atoms with Crippen molar-refractivity contribution in [2.24, 2.45) is 11.3 Å². The number of nitrogens with zero attached hydrogens (tertiary/aromatic N) is 2. The van der Waals surface area contributed by atoms with Gasteiger partial charge in [-0.25, -0.2) is 0 Å². The lowest BCUT2D eigenvalue weighted by atomic mass is 9.77. The van der Waals surface area contributed by atoms with Crippen LogP contribution in [-0.2, 0) is 16.1 Å². The fraction of sp³-hybridized carbons (Fsp3) is 0.667. The summed E-state index contributed by atoms with van der Waals surface area (Å²) >= 11 is 5.96. The first-order valence-corrected chi connectivity index (χ1v) is 10.3. The molecule has 26 heavy (non-hydrogen) atoms. The van der Waals surface area contributed by atoms with Gasteiger partial charge in [-0.3, -0.25) is 4.79 Å². The average molecular weight is 377 g/mol. The number of carbonyl (C=O) groups excluding carboxylic acids is 1. The van der Waals surface area contributed by atoms with Crippen molar-refractivity contribution in [3.8, 4) is 0 Å². The van der Waals surface area contributed by atoms with Gasteiger partial charge in [0, 0.05) is 37.7 Å². The monoisotopic (exact) mass is 376 g/mol. The average Bonchev–Trinajstić information content (AvgIpc) is 3.25. The third-order valence-electron chi connectivity index (χ3n) is 6.49. The number of rotatable bonds is 5. The van der Waals surface area contributed by atoms with E-state index in [0.717, 1.165) is 68.6 Å². The molecule has 3 fully saturated rings. The smallest absolute Gasteiger partial charge is 0.223 e. The molecule has 5 heteroatoms. The summed E-state index contributed by atoms with van der Waals surface area (Å²) < 4.78 is 5.48. The fourth-order valence-corrected chi connectivity index (χ4v) is 4.82. The maximum Gasteiger partial charge on any atom is 0.223 e. The van der Waals surface area contributed by atoms with Crippen LogP contribution in [0.15, 0.2) is 24.3 Å². The zero-order valence-corrected chi connectivity index (χ0v) is 16.2. The number of ether oxygens (including phenoxy) is 1. The van der Waals surface area contributed by atoms with E-state index in [4.69, 9.17) is 16.3 Å². The molecular weight excluding hydrogens is 348 g/mol. The fourth-order valence-electron chi connectivity index (χ4n) is 4.70. The minimum Gasteiger partial charge on any atom is -0.381 e. The molecule has 0 aromatic heterocycles. The van der Waals surface area contributed by atoms with Gasteiger partial charge in [0.25, 0.3) is 0 Å². The molecule has 1 aromatic rings. The van der Waals surface area contributed by atoms with Gasteiger partial charge in [0.15, 0.2) is 0 Å². The minimum atomic E-state index is 0.205. The molecule has 4 rings (SSSR count). The van der Waals surface area contributed by atoms with Crippen LogP contribution < -0.4 is 0 Å². The molecule has 3 aliphatic heterocycles. The zero-order chi connectivity index (χ0) is 18.0. The number of halogens is 1. The van der Waals surface area contributed by atoms with E-state index in [2.05, 4.69) is 9.80 Å². The molecule has 1 aromatic carbocycles. The number of benzene rings is 1.